The number of ether oxygens (including phenoxy) is 2. The molecule has 0 saturated heterocycles. The minimum absolute atomic E-state index is 0.133. The number of ketones is 2. The van der Waals surface area contributed by atoms with Crippen LogP contribution >= 0.6 is 11.6 Å². The van der Waals surface area contributed by atoms with E-state index in [0.29, 0.717) is 42.6 Å². The molecule has 1 aromatic rings. The van der Waals surface area contributed by atoms with Gasteiger partial charge in [0.15, 0.2) is 23.1 Å². The van der Waals surface area contributed by atoms with Crippen molar-refractivity contribution in [1.29, 1.82) is 0 Å². The van der Waals surface area contributed by atoms with E-state index in [1.807, 2.05) is 19.1 Å². The highest BCUT2D eigenvalue weighted by Crippen LogP contribution is 2.51. The molecule has 0 atom stereocenters. The van der Waals surface area contributed by atoms with Crippen LogP contribution in [0.4, 0.5) is 0 Å². The lowest BCUT2D eigenvalue weighted by Gasteiger charge is -2.44. The Morgan fingerprint density at radius 1 is 1.03 bits per heavy atom. The average Bonchev–Trinajstić information content (AvgIpc) is 2.79. The predicted octanol–water partition coefficient (Wildman–Crippen LogP) is 6.13. The fourth-order valence-electron chi connectivity index (χ4n) is 5.34. The summed E-state index contributed by atoms with van der Waals surface area (Å²) in [7, 11) is 0. The molecule has 0 fully saturated rings. The zero-order valence-electron chi connectivity index (χ0n) is 19.5. The molecule has 6 heteroatoms. The lowest BCUT2D eigenvalue weighted by atomic mass is 9.71. The first-order chi connectivity index (χ1) is 16.0. The third-order valence-corrected chi connectivity index (χ3v) is 6.82. The molecular formula is C27H32ClNO4. The largest absolute Gasteiger partial charge is 0.490 e. The van der Waals surface area contributed by atoms with Crippen LogP contribution in [-0.4, -0.2) is 36.2 Å². The van der Waals surface area contributed by atoms with Crippen LogP contribution in [0.1, 0.15) is 70.3 Å². The average molecular weight is 470 g/mol. The molecule has 1 aliphatic heterocycles. The van der Waals surface area contributed by atoms with E-state index in [1.165, 1.54) is 0 Å². The van der Waals surface area contributed by atoms with Crippen LogP contribution in [0.25, 0.3) is 0 Å². The van der Waals surface area contributed by atoms with E-state index in [9.17, 15) is 9.59 Å². The molecule has 0 aromatic heterocycles. The van der Waals surface area contributed by atoms with Crippen molar-refractivity contribution in [2.45, 2.75) is 64.7 Å². The summed E-state index contributed by atoms with van der Waals surface area (Å²) in [5.74, 6) is 0.836. The van der Waals surface area contributed by atoms with Gasteiger partial charge in [0.05, 0.1) is 11.6 Å². The number of rotatable bonds is 8. The van der Waals surface area contributed by atoms with Crippen LogP contribution in [0.5, 0.6) is 11.5 Å². The second-order valence-corrected chi connectivity index (χ2v) is 9.13. The molecule has 5 nitrogen and oxygen atoms in total. The Labute approximate surface area is 201 Å². The van der Waals surface area contributed by atoms with Crippen LogP contribution < -0.4 is 9.47 Å². The molecule has 0 saturated carbocycles. The number of hydrogen-bond acceptors (Lipinski definition) is 5. The summed E-state index contributed by atoms with van der Waals surface area (Å²) in [6, 6.07) is 3.73. The van der Waals surface area contributed by atoms with Gasteiger partial charge in [0, 0.05) is 47.8 Å². The summed E-state index contributed by atoms with van der Waals surface area (Å²) >= 11 is 6.68. The molecule has 3 aliphatic rings. The molecule has 33 heavy (non-hydrogen) atoms. The zero-order chi connectivity index (χ0) is 23.5. The third-order valence-electron chi connectivity index (χ3n) is 6.54. The first-order valence-electron chi connectivity index (χ1n) is 12.0. The molecule has 176 valence electrons. The molecule has 0 bridgehead atoms. The maximum Gasteiger partial charge on any atom is 0.180 e. The van der Waals surface area contributed by atoms with Crippen LogP contribution in [0.3, 0.4) is 0 Å². The second kappa shape index (κ2) is 10.2. The normalized spacial score (nSPS) is 18.9. The van der Waals surface area contributed by atoms with E-state index in [4.69, 9.17) is 21.1 Å². The van der Waals surface area contributed by atoms with Gasteiger partial charge in [-0.15, -0.1) is 0 Å². The molecule has 0 unspecified atom stereocenters. The van der Waals surface area contributed by atoms with Crippen molar-refractivity contribution in [2.75, 3.05) is 19.8 Å². The first kappa shape index (κ1) is 23.6. The highest BCUT2D eigenvalue weighted by molar-refractivity contribution is 6.32. The van der Waals surface area contributed by atoms with Gasteiger partial charge in [0.2, 0.25) is 0 Å². The van der Waals surface area contributed by atoms with Gasteiger partial charge >= 0.3 is 0 Å². The van der Waals surface area contributed by atoms with Gasteiger partial charge in [-0.2, -0.15) is 0 Å². The maximum atomic E-state index is 13.3. The Bertz CT molecular complexity index is 995. The smallest absolute Gasteiger partial charge is 0.180 e. The standard InChI is InChI=1S/C27H32ClNO4/c1-4-13-29-19-9-7-11-21(30)25(19)24(26-20(29)10-8-12-22(26)31)17-15-18(28)27(33-14-5-2)23(16-17)32-6-3/h5,15-16,24H,2,4,6-14H2,1,3H3. The Morgan fingerprint density at radius 2 is 1.67 bits per heavy atom. The van der Waals surface area contributed by atoms with E-state index < -0.39 is 5.92 Å². The number of benzene rings is 1. The van der Waals surface area contributed by atoms with Crippen molar-refractivity contribution < 1.29 is 19.1 Å². The van der Waals surface area contributed by atoms with E-state index in [1.54, 1.807) is 6.08 Å². The molecule has 0 N–H and O–H groups in total. The Hall–Kier alpha value is -2.53. The van der Waals surface area contributed by atoms with Gasteiger partial charge in [-0.1, -0.05) is 31.2 Å². The minimum atomic E-state index is -0.408. The fraction of sp³-hybridized carbons (Fsp3) is 0.481. The van der Waals surface area contributed by atoms with E-state index in [2.05, 4.69) is 18.4 Å². The van der Waals surface area contributed by atoms with Gasteiger partial charge in [0.25, 0.3) is 0 Å². The summed E-state index contributed by atoms with van der Waals surface area (Å²) in [6.07, 6.45) is 7.04. The van der Waals surface area contributed by atoms with Gasteiger partial charge in [-0.25, -0.2) is 0 Å². The molecule has 1 aromatic carbocycles. The summed E-state index contributed by atoms with van der Waals surface area (Å²) in [5, 5.41) is 0.407. The number of halogens is 1. The van der Waals surface area contributed by atoms with Gasteiger partial charge in [0.1, 0.15) is 6.61 Å². The highest BCUT2D eigenvalue weighted by Gasteiger charge is 2.43. The summed E-state index contributed by atoms with van der Waals surface area (Å²) in [6.45, 7) is 9.31. The predicted molar refractivity (Wildman–Crippen MR) is 130 cm³/mol. The zero-order valence-corrected chi connectivity index (χ0v) is 20.3. The van der Waals surface area contributed by atoms with Gasteiger partial charge in [-0.05, 0) is 56.7 Å². The van der Waals surface area contributed by atoms with Crippen LogP contribution in [0.15, 0.2) is 47.3 Å². The van der Waals surface area contributed by atoms with Crippen molar-refractivity contribution in [3.63, 3.8) is 0 Å². The third kappa shape index (κ3) is 4.35. The minimum Gasteiger partial charge on any atom is -0.490 e. The van der Waals surface area contributed by atoms with Crippen molar-refractivity contribution >= 4 is 23.2 Å². The Morgan fingerprint density at radius 3 is 2.21 bits per heavy atom. The van der Waals surface area contributed by atoms with Gasteiger partial charge < -0.3 is 14.4 Å². The second-order valence-electron chi connectivity index (χ2n) is 8.72. The number of Topliss-reactive ketones (excluding diaryl/α,β-unsaturated/α-hetero) is 2. The monoisotopic (exact) mass is 469 g/mol. The highest BCUT2D eigenvalue weighted by atomic mass is 35.5. The number of nitrogens with zero attached hydrogens (tertiary/aromatic N) is 1. The molecule has 0 amide bonds. The van der Waals surface area contributed by atoms with Crippen molar-refractivity contribution in [3.05, 3.63) is 57.9 Å². The van der Waals surface area contributed by atoms with Gasteiger partial charge in [-0.3, -0.25) is 9.59 Å². The van der Waals surface area contributed by atoms with Crippen molar-refractivity contribution in [1.82, 2.24) is 4.90 Å². The Kier molecular flexibility index (Phi) is 7.28. The van der Waals surface area contributed by atoms with Crippen molar-refractivity contribution in [2.24, 2.45) is 0 Å². The molecule has 0 spiro atoms. The van der Waals surface area contributed by atoms with Crippen LogP contribution in [0.2, 0.25) is 5.02 Å². The van der Waals surface area contributed by atoms with Crippen molar-refractivity contribution in [3.8, 4) is 11.5 Å². The quantitative estimate of drug-likeness (QED) is 0.429. The van der Waals surface area contributed by atoms with E-state index in [-0.39, 0.29) is 11.6 Å². The maximum absolute atomic E-state index is 13.3. The lowest BCUT2D eigenvalue weighted by molar-refractivity contribution is -0.117. The number of carbonyl (C=O) groups excluding carboxylic acids is 2. The number of carbonyl (C=O) groups is 2. The topological polar surface area (TPSA) is 55.8 Å². The number of hydrogen-bond donors (Lipinski definition) is 0. The summed E-state index contributed by atoms with van der Waals surface area (Å²) in [5.41, 5.74) is 4.53. The fourth-order valence-corrected chi connectivity index (χ4v) is 5.62. The summed E-state index contributed by atoms with van der Waals surface area (Å²) in [4.78, 5) is 28.9. The number of allylic oxidation sites excluding steroid dienone is 4. The van der Waals surface area contributed by atoms with Crippen LogP contribution in [-0.2, 0) is 9.59 Å². The van der Waals surface area contributed by atoms with E-state index in [0.717, 1.165) is 66.8 Å². The molecule has 4 rings (SSSR count). The molecule has 1 heterocycles. The Balaban J connectivity index is 1.93. The summed E-state index contributed by atoms with van der Waals surface area (Å²) < 4.78 is 11.7. The SMILES string of the molecule is C=CCOc1c(Cl)cc(C2C3=C(CCCC3=O)N(CCC)C3=C2C(=O)CCC3)cc1OCC. The van der Waals surface area contributed by atoms with E-state index >= 15 is 0 Å². The molecule has 2 aliphatic carbocycles. The molecular weight excluding hydrogens is 438 g/mol. The van der Waals surface area contributed by atoms with Crippen LogP contribution in [0, 0.1) is 0 Å². The first-order valence-corrected chi connectivity index (χ1v) is 12.4. The molecule has 0 radical (unpaired) electrons. The lowest BCUT2D eigenvalue weighted by Crippen LogP contribution is -2.39.